The first kappa shape index (κ1) is 7.35. The summed E-state index contributed by atoms with van der Waals surface area (Å²) in [5, 5.41) is 0. The molecule has 0 atom stereocenters. The van der Waals surface area contributed by atoms with Crippen molar-refractivity contribution in [2.75, 3.05) is 6.54 Å². The zero-order valence-electron chi connectivity index (χ0n) is 4.62. The maximum Gasteiger partial charge on any atom is 0.288 e. The monoisotopic (exact) mass is 131 g/mol. The molecule has 0 aromatic heterocycles. The van der Waals surface area contributed by atoms with E-state index in [4.69, 9.17) is 4.12 Å². The Hall–Kier alpha value is 0.354. The lowest BCUT2D eigenvalue weighted by molar-refractivity contribution is 0.613. The summed E-state index contributed by atoms with van der Waals surface area (Å²) in [6, 6.07) is 0. The Morgan fingerprint density at radius 3 is 2.57 bits per heavy atom. The van der Waals surface area contributed by atoms with Gasteiger partial charge in [-0.2, -0.15) is 0 Å². The van der Waals surface area contributed by atoms with Crippen LogP contribution in [0, 0.1) is 0 Å². The first-order valence-electron chi connectivity index (χ1n) is 2.22. The van der Waals surface area contributed by atoms with E-state index < -0.39 is 9.20 Å². The molecule has 0 aliphatic heterocycles. The fraction of sp³-hybridized carbons (Fsp3) is 1.00. The molecule has 0 spiro atoms. The topological polar surface area (TPSA) is 21.3 Å². The summed E-state index contributed by atoms with van der Waals surface area (Å²) < 4.78 is 4.79. The number of rotatable bonds is 3. The Morgan fingerprint density at radius 2 is 2.43 bits per heavy atom. The van der Waals surface area contributed by atoms with Crippen LogP contribution in [-0.2, 0) is 4.12 Å². The first-order chi connectivity index (χ1) is 3.31. The van der Waals surface area contributed by atoms with Gasteiger partial charge in [-0.25, -0.2) is 0 Å². The minimum atomic E-state index is -0.716. The van der Waals surface area contributed by atoms with E-state index in [2.05, 4.69) is 22.4 Å². The molecule has 0 bridgehead atoms. The van der Waals surface area contributed by atoms with E-state index in [-0.39, 0.29) is 0 Å². The smallest absolute Gasteiger partial charge is 0.288 e. The molecule has 2 nitrogen and oxygen atoms in total. The van der Waals surface area contributed by atoms with Crippen LogP contribution in [0.4, 0.5) is 0 Å². The summed E-state index contributed by atoms with van der Waals surface area (Å²) in [5.41, 5.74) is 0. The lowest BCUT2D eigenvalue weighted by Crippen LogP contribution is -2.32. The van der Waals surface area contributed by atoms with Crippen molar-refractivity contribution in [2.24, 2.45) is 0 Å². The van der Waals surface area contributed by atoms with Gasteiger partial charge in [-0.1, -0.05) is 6.92 Å². The lowest BCUT2D eigenvalue weighted by Gasteiger charge is -2.03. The fourth-order valence-corrected chi connectivity index (χ4v) is 1.07. The minimum Gasteiger partial charge on any atom is -0.445 e. The standard InChI is InChI=1S/C3H9NOSi2/c1-3-4-7(2)5-6/h4H,3H2,1-2H3. The molecule has 0 saturated heterocycles. The van der Waals surface area contributed by atoms with Crippen molar-refractivity contribution in [1.29, 1.82) is 0 Å². The van der Waals surface area contributed by atoms with E-state index in [0.29, 0.717) is 0 Å². The van der Waals surface area contributed by atoms with E-state index in [1.54, 1.807) is 0 Å². The molecule has 0 rings (SSSR count). The number of hydrogen-bond donors (Lipinski definition) is 1. The van der Waals surface area contributed by atoms with Gasteiger partial charge >= 0.3 is 0 Å². The molecule has 7 heavy (non-hydrogen) atoms. The molecule has 40 valence electrons. The van der Waals surface area contributed by atoms with Crippen LogP contribution >= 0.6 is 0 Å². The van der Waals surface area contributed by atoms with Crippen molar-refractivity contribution >= 4 is 19.7 Å². The van der Waals surface area contributed by atoms with Crippen LogP contribution in [0.2, 0.25) is 6.55 Å². The summed E-state index contributed by atoms with van der Waals surface area (Å²) in [6.07, 6.45) is 0. The van der Waals surface area contributed by atoms with Gasteiger partial charge in [0, 0.05) is 0 Å². The van der Waals surface area contributed by atoms with Crippen LogP contribution in [0.15, 0.2) is 0 Å². The molecule has 4 radical (unpaired) electrons. The highest BCUT2D eigenvalue weighted by atomic mass is 28.3. The molecule has 0 unspecified atom stereocenters. The molecule has 0 aromatic rings. The second-order valence-corrected chi connectivity index (χ2v) is 3.47. The molecule has 0 heterocycles. The highest BCUT2D eigenvalue weighted by molar-refractivity contribution is 6.51. The van der Waals surface area contributed by atoms with Gasteiger partial charge in [0.2, 0.25) is 10.5 Å². The molecule has 0 fully saturated rings. The van der Waals surface area contributed by atoms with Gasteiger partial charge in [0.05, 0.1) is 0 Å². The summed E-state index contributed by atoms with van der Waals surface area (Å²) in [6.45, 7) is 5.07. The van der Waals surface area contributed by atoms with Gasteiger partial charge in [-0.3, -0.25) is 0 Å². The number of hydrogen-bond acceptors (Lipinski definition) is 2. The zero-order valence-corrected chi connectivity index (χ0v) is 6.62. The second kappa shape index (κ2) is 4.51. The van der Waals surface area contributed by atoms with Gasteiger partial charge in [0.15, 0.2) is 0 Å². The Balaban J connectivity index is 2.83. The van der Waals surface area contributed by atoms with Crippen LogP contribution in [0.3, 0.4) is 0 Å². The molecule has 0 aliphatic carbocycles. The van der Waals surface area contributed by atoms with Crippen LogP contribution < -0.4 is 4.98 Å². The van der Waals surface area contributed by atoms with Crippen LogP contribution in [0.1, 0.15) is 6.92 Å². The van der Waals surface area contributed by atoms with Crippen molar-refractivity contribution in [3.63, 3.8) is 0 Å². The van der Waals surface area contributed by atoms with Crippen LogP contribution in [-0.4, -0.2) is 26.2 Å². The summed E-state index contributed by atoms with van der Waals surface area (Å²) >= 11 is 0. The van der Waals surface area contributed by atoms with E-state index in [9.17, 15) is 0 Å². The van der Waals surface area contributed by atoms with Gasteiger partial charge in [0.25, 0.3) is 9.20 Å². The largest absolute Gasteiger partial charge is 0.445 e. The molecule has 0 amide bonds. The molecule has 0 aliphatic rings. The van der Waals surface area contributed by atoms with Crippen molar-refractivity contribution in [1.82, 2.24) is 4.98 Å². The first-order valence-corrected chi connectivity index (χ1v) is 4.54. The van der Waals surface area contributed by atoms with Crippen molar-refractivity contribution in [3.05, 3.63) is 0 Å². The normalized spacial score (nSPS) is 10.3. The zero-order chi connectivity index (χ0) is 5.70. The summed E-state index contributed by atoms with van der Waals surface area (Å²) in [5.74, 6) is 0. The molecular weight excluding hydrogens is 122 g/mol. The Kier molecular flexibility index (Phi) is 4.74. The van der Waals surface area contributed by atoms with Gasteiger partial charge in [-0.05, 0) is 13.1 Å². The average Bonchev–Trinajstić information content (AvgIpc) is 1.68. The Labute approximate surface area is 49.6 Å². The maximum absolute atomic E-state index is 4.79. The highest BCUT2D eigenvalue weighted by Gasteiger charge is 1.96. The Morgan fingerprint density at radius 1 is 1.86 bits per heavy atom. The van der Waals surface area contributed by atoms with E-state index in [1.807, 2.05) is 6.55 Å². The van der Waals surface area contributed by atoms with Gasteiger partial charge in [-0.15, -0.1) is 0 Å². The average molecular weight is 131 g/mol. The Bertz CT molecular complexity index is 43.9. The summed E-state index contributed by atoms with van der Waals surface area (Å²) in [4.78, 5) is 3.13. The third-order valence-corrected chi connectivity index (χ3v) is 2.66. The molecule has 4 heteroatoms. The molecular formula is C3H9NOSi2. The van der Waals surface area contributed by atoms with Crippen molar-refractivity contribution < 1.29 is 4.12 Å². The predicted octanol–water partition coefficient (Wildman–Crippen LogP) is -0.186. The van der Waals surface area contributed by atoms with Gasteiger partial charge < -0.3 is 9.10 Å². The third-order valence-electron chi connectivity index (χ3n) is 0.579. The molecule has 0 saturated carbocycles. The minimum absolute atomic E-state index is 0.716. The molecule has 0 aromatic carbocycles. The van der Waals surface area contributed by atoms with Gasteiger partial charge in [0.1, 0.15) is 0 Å². The highest BCUT2D eigenvalue weighted by Crippen LogP contribution is 1.70. The van der Waals surface area contributed by atoms with E-state index in [1.165, 1.54) is 0 Å². The van der Waals surface area contributed by atoms with Crippen LogP contribution in [0.5, 0.6) is 0 Å². The molecule has 1 N–H and O–H groups in total. The van der Waals surface area contributed by atoms with Crippen molar-refractivity contribution in [3.8, 4) is 0 Å². The SMILES string of the molecule is CCN[Si](C)O[Si]. The number of nitrogens with one attached hydrogen (secondary N) is 1. The lowest BCUT2D eigenvalue weighted by atomic mass is 10.8. The van der Waals surface area contributed by atoms with Crippen LogP contribution in [0.25, 0.3) is 0 Å². The predicted molar refractivity (Wildman–Crippen MR) is 32.1 cm³/mol. The van der Waals surface area contributed by atoms with Crippen molar-refractivity contribution in [2.45, 2.75) is 13.5 Å². The maximum atomic E-state index is 4.79. The van der Waals surface area contributed by atoms with E-state index in [0.717, 1.165) is 6.54 Å². The fourth-order valence-electron chi connectivity index (χ4n) is 0.285. The summed E-state index contributed by atoms with van der Waals surface area (Å²) in [7, 11) is 2.23. The quantitative estimate of drug-likeness (QED) is 0.536. The van der Waals surface area contributed by atoms with E-state index >= 15 is 0 Å². The second-order valence-electron chi connectivity index (χ2n) is 1.19. The third kappa shape index (κ3) is 4.20.